The Bertz CT molecular complexity index is 801. The quantitative estimate of drug-likeness (QED) is 0.806. The minimum atomic E-state index is -0.0512. The monoisotopic (exact) mass is 386 g/mol. The van der Waals surface area contributed by atoms with Gasteiger partial charge in [0.2, 0.25) is 0 Å². The molecular formula is C21H27ClN4O. The van der Waals surface area contributed by atoms with Gasteiger partial charge in [-0.05, 0) is 56.4 Å². The van der Waals surface area contributed by atoms with Crippen LogP contribution in [0.25, 0.3) is 0 Å². The summed E-state index contributed by atoms with van der Waals surface area (Å²) in [6.45, 7) is 2.07. The number of anilines is 2. The zero-order chi connectivity index (χ0) is 19.4. The molecule has 3 rings (SSSR count). The smallest absolute Gasteiger partial charge is 0.251 e. The van der Waals surface area contributed by atoms with Gasteiger partial charge < -0.3 is 15.5 Å². The van der Waals surface area contributed by atoms with E-state index in [9.17, 15) is 4.79 Å². The van der Waals surface area contributed by atoms with E-state index in [1.54, 1.807) is 24.3 Å². The highest BCUT2D eigenvalue weighted by atomic mass is 35.5. The van der Waals surface area contributed by atoms with E-state index in [2.05, 4.69) is 33.5 Å². The molecule has 1 aromatic heterocycles. The molecule has 1 heterocycles. The molecule has 6 heteroatoms. The molecule has 27 heavy (non-hydrogen) atoms. The van der Waals surface area contributed by atoms with E-state index >= 15 is 0 Å². The van der Waals surface area contributed by atoms with E-state index in [4.69, 9.17) is 11.6 Å². The van der Waals surface area contributed by atoms with Gasteiger partial charge in [-0.15, -0.1) is 0 Å². The second kappa shape index (κ2) is 8.61. The summed E-state index contributed by atoms with van der Waals surface area (Å²) >= 11 is 5.97. The second-order valence-electron chi connectivity index (χ2n) is 7.43. The topological polar surface area (TPSA) is 57.3 Å². The molecule has 0 unspecified atom stereocenters. The van der Waals surface area contributed by atoms with Crippen LogP contribution in [0.2, 0.25) is 5.02 Å². The Morgan fingerprint density at radius 1 is 1.15 bits per heavy atom. The third-order valence-electron chi connectivity index (χ3n) is 5.06. The number of rotatable bonds is 5. The zero-order valence-corrected chi connectivity index (χ0v) is 16.9. The van der Waals surface area contributed by atoms with Crippen molar-refractivity contribution in [2.75, 3.05) is 24.3 Å². The number of carbonyl (C=O) groups excluding carboxylic acids is 1. The van der Waals surface area contributed by atoms with Crippen LogP contribution in [0.15, 0.2) is 36.5 Å². The fourth-order valence-electron chi connectivity index (χ4n) is 3.56. The van der Waals surface area contributed by atoms with Crippen molar-refractivity contribution in [2.24, 2.45) is 0 Å². The van der Waals surface area contributed by atoms with Crippen LogP contribution in [0, 0.1) is 6.92 Å². The first-order valence-corrected chi connectivity index (χ1v) is 9.77. The van der Waals surface area contributed by atoms with Gasteiger partial charge in [0.1, 0.15) is 5.82 Å². The van der Waals surface area contributed by atoms with Crippen LogP contribution in [-0.4, -0.2) is 37.1 Å². The number of nitrogens with zero attached hydrogens (tertiary/aromatic N) is 2. The highest BCUT2D eigenvalue weighted by Crippen LogP contribution is 2.25. The average molecular weight is 387 g/mol. The van der Waals surface area contributed by atoms with Gasteiger partial charge in [0.15, 0.2) is 0 Å². The number of benzene rings is 1. The lowest BCUT2D eigenvalue weighted by atomic mass is 9.91. The molecular weight excluding hydrogens is 360 g/mol. The van der Waals surface area contributed by atoms with Crippen molar-refractivity contribution in [1.29, 1.82) is 0 Å². The summed E-state index contributed by atoms with van der Waals surface area (Å²) < 4.78 is 0. The first kappa shape index (κ1) is 19.5. The van der Waals surface area contributed by atoms with Crippen molar-refractivity contribution in [3.63, 3.8) is 0 Å². The van der Waals surface area contributed by atoms with Gasteiger partial charge in [0, 0.05) is 54.7 Å². The molecule has 0 aliphatic heterocycles. The Labute approximate surface area is 166 Å². The highest BCUT2D eigenvalue weighted by molar-refractivity contribution is 6.30. The standard InChI is InChI=1S/C21H27ClN4O/c1-14-13-23-20(12-19(14)26(2)3)24-17-7-9-18(10-8-17)25-21(27)15-5-4-6-16(22)11-15/h4-6,11-13,17-18H,7-10H2,1-3H3,(H,23,24)(H,25,27). The Morgan fingerprint density at radius 2 is 1.85 bits per heavy atom. The van der Waals surface area contributed by atoms with Crippen LogP contribution in [0.1, 0.15) is 41.6 Å². The van der Waals surface area contributed by atoms with Crippen LogP contribution < -0.4 is 15.5 Å². The molecule has 0 atom stereocenters. The van der Waals surface area contributed by atoms with Crippen LogP contribution in [0.5, 0.6) is 0 Å². The van der Waals surface area contributed by atoms with Crippen LogP contribution in [-0.2, 0) is 0 Å². The lowest BCUT2D eigenvalue weighted by Crippen LogP contribution is -2.40. The summed E-state index contributed by atoms with van der Waals surface area (Å²) in [6.07, 6.45) is 5.84. The predicted octanol–water partition coefficient (Wildman–Crippen LogP) is 4.26. The normalized spacial score (nSPS) is 19.4. The highest BCUT2D eigenvalue weighted by Gasteiger charge is 2.23. The lowest BCUT2D eigenvalue weighted by molar-refractivity contribution is 0.0926. The molecule has 2 N–H and O–H groups in total. The van der Waals surface area contributed by atoms with Crippen molar-refractivity contribution < 1.29 is 4.79 Å². The summed E-state index contributed by atoms with van der Waals surface area (Å²) in [5.41, 5.74) is 2.95. The van der Waals surface area contributed by atoms with Crippen LogP contribution >= 0.6 is 11.6 Å². The second-order valence-corrected chi connectivity index (χ2v) is 7.86. The molecule has 2 aromatic rings. The van der Waals surface area contributed by atoms with Crippen LogP contribution in [0.3, 0.4) is 0 Å². The number of pyridine rings is 1. The number of nitrogens with one attached hydrogen (secondary N) is 2. The number of aryl methyl sites for hydroxylation is 1. The molecule has 1 aromatic carbocycles. The molecule has 0 saturated heterocycles. The van der Waals surface area contributed by atoms with Gasteiger partial charge >= 0.3 is 0 Å². The summed E-state index contributed by atoms with van der Waals surface area (Å²) in [5.74, 6) is 0.862. The van der Waals surface area contributed by atoms with E-state index < -0.39 is 0 Å². The zero-order valence-electron chi connectivity index (χ0n) is 16.1. The molecule has 1 aliphatic carbocycles. The van der Waals surface area contributed by atoms with Gasteiger partial charge in [0.05, 0.1) is 0 Å². The first-order valence-electron chi connectivity index (χ1n) is 9.39. The number of aromatic nitrogens is 1. The number of hydrogen-bond acceptors (Lipinski definition) is 4. The fraction of sp³-hybridized carbons (Fsp3) is 0.429. The number of hydrogen-bond donors (Lipinski definition) is 2. The van der Waals surface area contributed by atoms with Crippen molar-refractivity contribution in [3.8, 4) is 0 Å². The maximum Gasteiger partial charge on any atom is 0.251 e. The minimum Gasteiger partial charge on any atom is -0.377 e. The Morgan fingerprint density at radius 3 is 2.52 bits per heavy atom. The van der Waals surface area contributed by atoms with E-state index in [0.29, 0.717) is 16.6 Å². The molecule has 1 amide bonds. The van der Waals surface area contributed by atoms with Gasteiger partial charge in [-0.1, -0.05) is 17.7 Å². The summed E-state index contributed by atoms with van der Waals surface area (Å²) in [6, 6.07) is 9.76. The Kier molecular flexibility index (Phi) is 6.22. The van der Waals surface area contributed by atoms with E-state index in [-0.39, 0.29) is 11.9 Å². The average Bonchev–Trinajstić information content (AvgIpc) is 2.64. The van der Waals surface area contributed by atoms with Gasteiger partial charge in [-0.3, -0.25) is 4.79 Å². The molecule has 5 nitrogen and oxygen atoms in total. The summed E-state index contributed by atoms with van der Waals surface area (Å²) in [7, 11) is 4.08. The lowest BCUT2D eigenvalue weighted by Gasteiger charge is -2.30. The van der Waals surface area contributed by atoms with Gasteiger partial charge in [-0.2, -0.15) is 0 Å². The maximum atomic E-state index is 12.4. The predicted molar refractivity (Wildman–Crippen MR) is 112 cm³/mol. The van der Waals surface area contributed by atoms with E-state index in [1.807, 2.05) is 20.3 Å². The van der Waals surface area contributed by atoms with Crippen molar-refractivity contribution in [2.45, 2.75) is 44.7 Å². The Hall–Kier alpha value is -2.27. The first-order chi connectivity index (χ1) is 12.9. The minimum absolute atomic E-state index is 0.0512. The molecule has 1 fully saturated rings. The van der Waals surface area contributed by atoms with E-state index in [0.717, 1.165) is 37.1 Å². The number of halogens is 1. The van der Waals surface area contributed by atoms with Crippen LogP contribution in [0.4, 0.5) is 11.5 Å². The summed E-state index contributed by atoms with van der Waals surface area (Å²) in [4.78, 5) is 19.0. The molecule has 0 bridgehead atoms. The van der Waals surface area contributed by atoms with Crippen molar-refractivity contribution in [3.05, 3.63) is 52.7 Å². The largest absolute Gasteiger partial charge is 0.377 e. The van der Waals surface area contributed by atoms with Crippen molar-refractivity contribution >= 4 is 29.0 Å². The molecule has 0 radical (unpaired) electrons. The maximum absolute atomic E-state index is 12.4. The number of amides is 1. The third kappa shape index (κ3) is 5.13. The van der Waals surface area contributed by atoms with E-state index in [1.165, 1.54) is 5.69 Å². The van der Waals surface area contributed by atoms with Gasteiger partial charge in [-0.25, -0.2) is 4.98 Å². The van der Waals surface area contributed by atoms with Crippen molar-refractivity contribution in [1.82, 2.24) is 10.3 Å². The summed E-state index contributed by atoms with van der Waals surface area (Å²) in [5, 5.41) is 7.26. The fourth-order valence-corrected chi connectivity index (χ4v) is 3.75. The molecule has 1 saturated carbocycles. The number of carbonyl (C=O) groups is 1. The SMILES string of the molecule is Cc1cnc(NC2CCC(NC(=O)c3cccc(Cl)c3)CC2)cc1N(C)C. The molecule has 1 aliphatic rings. The third-order valence-corrected chi connectivity index (χ3v) is 5.29. The molecule has 0 spiro atoms. The Balaban J connectivity index is 1.52. The van der Waals surface area contributed by atoms with Gasteiger partial charge in [0.25, 0.3) is 5.91 Å². The molecule has 144 valence electrons.